The number of rotatable bonds is 7. The number of nitrogens with one attached hydrogen (secondary N) is 1. The fourth-order valence-corrected chi connectivity index (χ4v) is 1.57. The Morgan fingerprint density at radius 1 is 1.14 bits per heavy atom. The van der Waals surface area contributed by atoms with Crippen LogP contribution in [0.5, 0.6) is 0 Å². The van der Waals surface area contributed by atoms with Crippen molar-refractivity contribution in [3.05, 3.63) is 0 Å². The van der Waals surface area contributed by atoms with Crippen LogP contribution in [0.4, 0.5) is 26.3 Å². The van der Waals surface area contributed by atoms with E-state index in [9.17, 15) is 26.3 Å². The summed E-state index contributed by atoms with van der Waals surface area (Å²) in [5, 5.41) is 17.3. The molecule has 1 saturated heterocycles. The largest absolute Gasteiger partial charge is 0.490 e. The molecule has 0 amide bonds. The summed E-state index contributed by atoms with van der Waals surface area (Å²) in [7, 11) is 0. The Kier molecular flexibility index (Phi) is 23.3. The van der Waals surface area contributed by atoms with E-state index in [1.807, 2.05) is 13.8 Å². The van der Waals surface area contributed by atoms with Crippen LogP contribution < -0.4 is 5.32 Å². The molecule has 0 unspecified atom stereocenters. The summed E-state index contributed by atoms with van der Waals surface area (Å²) in [4.78, 5) is 19.7. The van der Waals surface area contributed by atoms with Crippen molar-refractivity contribution in [1.82, 2.24) is 10.2 Å². The smallest absolute Gasteiger partial charge is 0.483 e. The maximum absolute atomic E-state index is 10.6. The fraction of sp³-hybridized carbons (Fsp3) is 0.867. The maximum atomic E-state index is 10.6. The topological polar surface area (TPSA) is 108 Å². The third-order valence-electron chi connectivity index (χ3n) is 2.68. The van der Waals surface area contributed by atoms with E-state index in [1.54, 1.807) is 0 Å². The van der Waals surface area contributed by atoms with Crippen molar-refractivity contribution in [3.8, 4) is 0 Å². The van der Waals surface area contributed by atoms with Gasteiger partial charge >= 0.3 is 18.8 Å². The number of piperazine rings is 1. The zero-order chi connectivity index (χ0) is 23.3. The van der Waals surface area contributed by atoms with E-state index in [0.29, 0.717) is 19.3 Å². The van der Waals surface area contributed by atoms with Crippen molar-refractivity contribution in [3.63, 3.8) is 0 Å². The molecule has 29 heavy (non-hydrogen) atoms. The van der Waals surface area contributed by atoms with Gasteiger partial charge in [0, 0.05) is 32.7 Å². The molecular formula is C15H28F6N2O6. The first-order valence-electron chi connectivity index (χ1n) is 8.31. The molecule has 1 heterocycles. The highest BCUT2D eigenvalue weighted by molar-refractivity contribution is 5.73. The van der Waals surface area contributed by atoms with Gasteiger partial charge < -0.3 is 25.0 Å². The Labute approximate surface area is 164 Å². The van der Waals surface area contributed by atoms with Gasteiger partial charge in [0.25, 0.3) is 6.47 Å². The molecule has 0 aromatic heterocycles. The molecule has 1 aliphatic heterocycles. The first-order valence-corrected chi connectivity index (χ1v) is 8.31. The van der Waals surface area contributed by atoms with Crippen molar-refractivity contribution < 1.29 is 55.6 Å². The lowest BCUT2D eigenvalue weighted by Crippen LogP contribution is -2.44. The average Bonchev–Trinajstić information content (AvgIpc) is 2.58. The zero-order valence-electron chi connectivity index (χ0n) is 16.1. The van der Waals surface area contributed by atoms with E-state index in [1.165, 1.54) is 0 Å². The van der Waals surface area contributed by atoms with Crippen molar-refractivity contribution in [2.45, 2.75) is 32.8 Å². The number of carbonyl (C=O) groups is 2. The van der Waals surface area contributed by atoms with Crippen LogP contribution in [-0.4, -0.2) is 99.1 Å². The van der Waals surface area contributed by atoms with Gasteiger partial charge in [-0.15, -0.1) is 0 Å². The highest BCUT2D eigenvalue weighted by atomic mass is 19.4. The van der Waals surface area contributed by atoms with E-state index in [-0.39, 0.29) is 6.47 Å². The number of carboxylic acids is 1. The fourth-order valence-electron chi connectivity index (χ4n) is 1.57. The van der Waals surface area contributed by atoms with Crippen molar-refractivity contribution in [2.75, 3.05) is 52.5 Å². The SMILES string of the molecule is CC(C)OCCOCCN1CCNCC1.FC(F)F.O=C(O)C(F)(F)F.O=CO. The van der Waals surface area contributed by atoms with Gasteiger partial charge in [0.05, 0.1) is 25.9 Å². The quantitative estimate of drug-likeness (QED) is 0.309. The molecule has 0 bridgehead atoms. The molecule has 1 aliphatic rings. The summed E-state index contributed by atoms with van der Waals surface area (Å²) in [5.41, 5.74) is 0. The highest BCUT2D eigenvalue weighted by Gasteiger charge is 2.38. The van der Waals surface area contributed by atoms with Gasteiger partial charge in [-0.3, -0.25) is 9.69 Å². The summed E-state index contributed by atoms with van der Waals surface area (Å²) in [6.07, 6.45) is -4.78. The van der Waals surface area contributed by atoms with Crippen LogP contribution in [0, 0.1) is 0 Å². The standard InChI is InChI=1S/C11H24N2O2.C2HF3O2.CHF3.CH2O2/c1-11(2)15-10-9-14-8-7-13-5-3-12-4-6-13;3-2(4,5)1(6)7;2-1(3)4;2-1-3/h11-12H,3-10H2,1-2H3;(H,6,7);1H;1H,(H,2,3). The minimum atomic E-state index is -5.08. The van der Waals surface area contributed by atoms with Gasteiger partial charge in [-0.25, -0.2) is 4.79 Å². The number of nitrogens with zero attached hydrogens (tertiary/aromatic N) is 1. The first-order chi connectivity index (χ1) is 13.4. The van der Waals surface area contributed by atoms with Crippen LogP contribution in [0.25, 0.3) is 0 Å². The molecule has 0 spiro atoms. The first kappa shape index (κ1) is 32.0. The Morgan fingerprint density at radius 2 is 1.55 bits per heavy atom. The van der Waals surface area contributed by atoms with Crippen LogP contribution >= 0.6 is 0 Å². The van der Waals surface area contributed by atoms with Crippen LogP contribution in [-0.2, 0) is 19.1 Å². The molecular weight excluding hydrogens is 418 g/mol. The number of ether oxygens (including phenoxy) is 2. The van der Waals surface area contributed by atoms with E-state index in [0.717, 1.165) is 39.3 Å². The number of halogens is 6. The molecule has 0 aliphatic carbocycles. The molecule has 1 rings (SSSR count). The number of aliphatic carboxylic acids is 1. The van der Waals surface area contributed by atoms with Crippen LogP contribution in [0.3, 0.4) is 0 Å². The maximum Gasteiger partial charge on any atom is 0.490 e. The Morgan fingerprint density at radius 3 is 1.90 bits per heavy atom. The lowest BCUT2D eigenvalue weighted by Gasteiger charge is -2.26. The molecule has 14 heteroatoms. The molecule has 0 saturated carbocycles. The van der Waals surface area contributed by atoms with Gasteiger partial charge in [-0.2, -0.15) is 26.3 Å². The molecule has 0 atom stereocenters. The summed E-state index contributed by atoms with van der Waals surface area (Å²) in [6, 6.07) is 0. The molecule has 0 aromatic carbocycles. The second-order valence-electron chi connectivity index (χ2n) is 5.28. The van der Waals surface area contributed by atoms with Gasteiger partial charge in [-0.05, 0) is 13.8 Å². The number of alkyl halides is 6. The molecule has 0 aromatic rings. The van der Waals surface area contributed by atoms with Crippen molar-refractivity contribution in [1.29, 1.82) is 0 Å². The molecule has 8 nitrogen and oxygen atoms in total. The number of hydrogen-bond donors (Lipinski definition) is 3. The monoisotopic (exact) mass is 446 g/mol. The minimum absolute atomic E-state index is 0.250. The average molecular weight is 446 g/mol. The summed E-state index contributed by atoms with van der Waals surface area (Å²) in [6.45, 7) is 7.96. The lowest BCUT2D eigenvalue weighted by atomic mass is 10.4. The van der Waals surface area contributed by atoms with E-state index < -0.39 is 18.8 Å². The van der Waals surface area contributed by atoms with Gasteiger partial charge in [0.2, 0.25) is 0 Å². The predicted molar refractivity (Wildman–Crippen MR) is 90.7 cm³/mol. The van der Waals surface area contributed by atoms with E-state index >= 15 is 0 Å². The van der Waals surface area contributed by atoms with Crippen LogP contribution in [0.15, 0.2) is 0 Å². The van der Waals surface area contributed by atoms with Crippen LogP contribution in [0.2, 0.25) is 0 Å². The zero-order valence-corrected chi connectivity index (χ0v) is 16.1. The Balaban J connectivity index is -0.000000401. The molecule has 176 valence electrons. The normalized spacial score (nSPS) is 14.0. The van der Waals surface area contributed by atoms with Crippen molar-refractivity contribution in [2.24, 2.45) is 0 Å². The predicted octanol–water partition coefficient (Wildman–Crippen LogP) is 1.85. The highest BCUT2D eigenvalue weighted by Crippen LogP contribution is 2.13. The van der Waals surface area contributed by atoms with Gasteiger partial charge in [0.1, 0.15) is 0 Å². The second kappa shape index (κ2) is 21.1. The van der Waals surface area contributed by atoms with Crippen molar-refractivity contribution >= 4 is 12.4 Å². The molecule has 0 radical (unpaired) electrons. The third kappa shape index (κ3) is 34.3. The molecule has 3 N–H and O–H groups in total. The Hall–Kier alpha value is -1.64. The summed E-state index contributed by atoms with van der Waals surface area (Å²) < 4.78 is 71.6. The number of carboxylic acid groups (broad SMARTS) is 2. The lowest BCUT2D eigenvalue weighted by molar-refractivity contribution is -0.192. The third-order valence-corrected chi connectivity index (χ3v) is 2.68. The summed E-state index contributed by atoms with van der Waals surface area (Å²) >= 11 is 0. The minimum Gasteiger partial charge on any atom is -0.483 e. The van der Waals surface area contributed by atoms with Gasteiger partial charge in [-0.1, -0.05) is 0 Å². The Bertz CT molecular complexity index is 380. The van der Waals surface area contributed by atoms with E-state index in [4.69, 9.17) is 29.3 Å². The van der Waals surface area contributed by atoms with E-state index in [2.05, 4.69) is 10.2 Å². The van der Waals surface area contributed by atoms with Crippen LogP contribution in [0.1, 0.15) is 13.8 Å². The second-order valence-corrected chi connectivity index (χ2v) is 5.28. The molecule has 1 fully saturated rings. The van der Waals surface area contributed by atoms with Gasteiger partial charge in [0.15, 0.2) is 0 Å². The summed E-state index contributed by atoms with van der Waals surface area (Å²) in [5.74, 6) is -2.76. The number of hydrogen-bond acceptors (Lipinski definition) is 6.